The van der Waals surface area contributed by atoms with E-state index in [-0.39, 0.29) is 5.56 Å². The fourth-order valence-electron chi connectivity index (χ4n) is 1.94. The van der Waals surface area contributed by atoms with Crippen molar-refractivity contribution in [2.75, 3.05) is 17.2 Å². The number of hydrogen-bond donors (Lipinski definition) is 3. The Kier molecular flexibility index (Phi) is 5.98. The van der Waals surface area contributed by atoms with Crippen LogP contribution in [0.15, 0.2) is 24.3 Å². The standard InChI is InChI=1S/C7H5N3O6.C7H11N3/c1-4-6(9(13)14)2-5(8(11)12)3-7(4)10(15)16;1-4-6(9)2-5(8)3-7(4)10/h2-3H,1H3;2-3H,8-10H2,1H3. The lowest BCUT2D eigenvalue weighted by Crippen LogP contribution is -2.00. The maximum atomic E-state index is 10.5. The van der Waals surface area contributed by atoms with Crippen molar-refractivity contribution in [1.82, 2.24) is 0 Å². The molecule has 0 spiro atoms. The molecule has 0 heterocycles. The molecule has 0 fully saturated rings. The van der Waals surface area contributed by atoms with Gasteiger partial charge in [0.1, 0.15) is 5.56 Å². The topological polar surface area (TPSA) is 207 Å². The summed E-state index contributed by atoms with van der Waals surface area (Å²) in [5.41, 5.74) is 17.2. The van der Waals surface area contributed by atoms with Crippen molar-refractivity contribution in [2.24, 2.45) is 0 Å². The van der Waals surface area contributed by atoms with Gasteiger partial charge in [-0.3, -0.25) is 30.3 Å². The van der Waals surface area contributed by atoms with E-state index in [1.165, 1.54) is 6.92 Å². The van der Waals surface area contributed by atoms with Crippen LogP contribution in [0.4, 0.5) is 34.1 Å². The molecule has 2 aromatic rings. The van der Waals surface area contributed by atoms with Crippen molar-refractivity contribution in [2.45, 2.75) is 13.8 Å². The highest BCUT2D eigenvalue weighted by Gasteiger charge is 2.27. The van der Waals surface area contributed by atoms with Crippen LogP contribution in [0.3, 0.4) is 0 Å². The Morgan fingerprint density at radius 2 is 1.08 bits per heavy atom. The first-order valence-corrected chi connectivity index (χ1v) is 6.94. The van der Waals surface area contributed by atoms with E-state index >= 15 is 0 Å². The number of benzene rings is 2. The van der Waals surface area contributed by atoms with Crippen LogP contribution >= 0.6 is 0 Å². The minimum atomic E-state index is -0.917. The van der Waals surface area contributed by atoms with Gasteiger partial charge in [-0.15, -0.1) is 0 Å². The van der Waals surface area contributed by atoms with E-state index in [4.69, 9.17) is 17.2 Å². The second-order valence-corrected chi connectivity index (χ2v) is 5.20. The van der Waals surface area contributed by atoms with Crippen molar-refractivity contribution in [3.63, 3.8) is 0 Å². The number of hydrogen-bond acceptors (Lipinski definition) is 9. The normalized spacial score (nSPS) is 9.77. The zero-order chi connectivity index (χ0) is 20.2. The summed E-state index contributed by atoms with van der Waals surface area (Å²) in [5, 5.41) is 31.5. The third kappa shape index (κ3) is 4.53. The van der Waals surface area contributed by atoms with Crippen molar-refractivity contribution in [1.29, 1.82) is 0 Å². The van der Waals surface area contributed by atoms with Gasteiger partial charge >= 0.3 is 0 Å². The van der Waals surface area contributed by atoms with E-state index in [1.807, 2.05) is 6.92 Å². The number of anilines is 3. The molecule has 2 rings (SSSR count). The third-order valence-electron chi connectivity index (χ3n) is 3.45. The Labute approximate surface area is 146 Å². The first kappa shape index (κ1) is 20.1. The van der Waals surface area contributed by atoms with Crippen LogP contribution in [0, 0.1) is 44.2 Å². The highest BCUT2D eigenvalue weighted by molar-refractivity contribution is 5.68. The highest BCUT2D eigenvalue weighted by Crippen LogP contribution is 2.32. The zero-order valence-corrected chi connectivity index (χ0v) is 13.8. The summed E-state index contributed by atoms with van der Waals surface area (Å²) in [6.45, 7) is 3.03. The molecular weight excluding hydrogens is 348 g/mol. The molecular formula is C14H16N6O6. The Bertz CT molecular complexity index is 839. The van der Waals surface area contributed by atoms with Crippen molar-refractivity contribution >= 4 is 34.1 Å². The average molecular weight is 364 g/mol. The predicted octanol–water partition coefficient (Wildman–Crippen LogP) is 2.46. The number of nitro benzene ring substituents is 3. The van der Waals surface area contributed by atoms with Crippen LogP contribution in [0.1, 0.15) is 11.1 Å². The maximum Gasteiger partial charge on any atom is 0.286 e. The van der Waals surface area contributed by atoms with Gasteiger partial charge in [0.15, 0.2) is 0 Å². The second-order valence-electron chi connectivity index (χ2n) is 5.20. The molecule has 0 bridgehead atoms. The third-order valence-corrected chi connectivity index (χ3v) is 3.45. The van der Waals surface area contributed by atoms with Crippen LogP contribution in [-0.2, 0) is 0 Å². The lowest BCUT2D eigenvalue weighted by Gasteiger charge is -2.04. The summed E-state index contributed by atoms with van der Waals surface area (Å²) < 4.78 is 0. The van der Waals surface area contributed by atoms with Gasteiger partial charge in [0.05, 0.1) is 26.9 Å². The van der Waals surface area contributed by atoms with Crippen molar-refractivity contribution in [3.05, 3.63) is 65.7 Å². The minimum Gasteiger partial charge on any atom is -0.399 e. The van der Waals surface area contributed by atoms with Crippen LogP contribution in [-0.4, -0.2) is 14.8 Å². The van der Waals surface area contributed by atoms with Gasteiger partial charge in [-0.1, -0.05) is 0 Å². The smallest absolute Gasteiger partial charge is 0.286 e. The molecule has 0 aliphatic rings. The summed E-state index contributed by atoms with van der Waals surface area (Å²) in [6.07, 6.45) is 0. The number of nitro groups is 3. The van der Waals surface area contributed by atoms with Crippen LogP contribution in [0.25, 0.3) is 0 Å². The molecule has 0 amide bonds. The molecule has 6 N–H and O–H groups in total. The molecule has 2 aromatic carbocycles. The maximum absolute atomic E-state index is 10.5. The number of rotatable bonds is 3. The number of nitrogens with zero attached hydrogens (tertiary/aromatic N) is 3. The van der Waals surface area contributed by atoms with Gasteiger partial charge in [-0.25, -0.2) is 0 Å². The van der Waals surface area contributed by atoms with E-state index in [0.717, 1.165) is 5.56 Å². The van der Waals surface area contributed by atoms with Gasteiger partial charge in [-0.2, -0.15) is 0 Å². The van der Waals surface area contributed by atoms with E-state index in [9.17, 15) is 30.3 Å². The number of nitrogens with two attached hydrogens (primary N) is 3. The Morgan fingerprint density at radius 1 is 0.692 bits per heavy atom. The summed E-state index contributed by atoms with van der Waals surface area (Å²) in [4.78, 5) is 28.8. The van der Waals surface area contributed by atoms with E-state index in [0.29, 0.717) is 29.2 Å². The average Bonchev–Trinajstić information content (AvgIpc) is 2.52. The Balaban J connectivity index is 0.000000289. The van der Waals surface area contributed by atoms with E-state index < -0.39 is 31.8 Å². The van der Waals surface area contributed by atoms with E-state index in [2.05, 4.69) is 0 Å². The summed E-state index contributed by atoms with van der Waals surface area (Å²) in [7, 11) is 0. The van der Waals surface area contributed by atoms with Crippen LogP contribution in [0.5, 0.6) is 0 Å². The molecule has 138 valence electrons. The SMILES string of the molecule is Cc1c(N)cc(N)cc1N.Cc1c([N+](=O)[O-])cc([N+](=O)[O-])cc1[N+](=O)[O-]. The molecule has 0 saturated carbocycles. The molecule has 12 nitrogen and oxygen atoms in total. The van der Waals surface area contributed by atoms with Crippen LogP contribution in [0.2, 0.25) is 0 Å². The summed E-state index contributed by atoms with van der Waals surface area (Å²) in [6, 6.07) is 4.79. The molecule has 0 unspecified atom stereocenters. The molecule has 12 heteroatoms. The first-order valence-electron chi connectivity index (χ1n) is 6.94. The summed E-state index contributed by atoms with van der Waals surface area (Å²) >= 11 is 0. The van der Waals surface area contributed by atoms with Gasteiger partial charge in [0, 0.05) is 17.1 Å². The van der Waals surface area contributed by atoms with E-state index in [1.54, 1.807) is 12.1 Å². The van der Waals surface area contributed by atoms with Crippen molar-refractivity contribution in [3.8, 4) is 0 Å². The predicted molar refractivity (Wildman–Crippen MR) is 95.6 cm³/mol. The quantitative estimate of drug-likeness (QED) is 0.414. The molecule has 0 aliphatic heterocycles. The summed E-state index contributed by atoms with van der Waals surface area (Å²) in [5.74, 6) is 0. The molecule has 26 heavy (non-hydrogen) atoms. The van der Waals surface area contributed by atoms with Crippen LogP contribution < -0.4 is 17.2 Å². The highest BCUT2D eigenvalue weighted by atomic mass is 16.6. The Hall–Kier alpha value is -3.96. The first-order chi connectivity index (χ1) is 12.0. The largest absolute Gasteiger partial charge is 0.399 e. The fraction of sp³-hybridized carbons (Fsp3) is 0.143. The number of nitrogen functional groups attached to an aromatic ring is 3. The molecule has 0 aromatic heterocycles. The molecule has 0 saturated heterocycles. The lowest BCUT2D eigenvalue weighted by atomic mass is 10.1. The second kappa shape index (κ2) is 7.74. The van der Waals surface area contributed by atoms with Gasteiger partial charge in [0.2, 0.25) is 0 Å². The monoisotopic (exact) mass is 364 g/mol. The van der Waals surface area contributed by atoms with Gasteiger partial charge in [0.25, 0.3) is 17.1 Å². The molecule has 0 atom stereocenters. The molecule has 0 radical (unpaired) electrons. The Morgan fingerprint density at radius 3 is 1.38 bits per heavy atom. The van der Waals surface area contributed by atoms with Crippen molar-refractivity contribution < 1.29 is 14.8 Å². The molecule has 0 aliphatic carbocycles. The lowest BCUT2D eigenvalue weighted by molar-refractivity contribution is -0.403. The zero-order valence-electron chi connectivity index (χ0n) is 13.8. The van der Waals surface area contributed by atoms with Gasteiger partial charge in [-0.05, 0) is 31.5 Å². The number of non-ortho nitro benzene ring substituents is 1. The fourth-order valence-corrected chi connectivity index (χ4v) is 1.94. The minimum absolute atomic E-state index is 0.208. The van der Waals surface area contributed by atoms with Gasteiger partial charge < -0.3 is 17.2 Å².